The quantitative estimate of drug-likeness (QED) is 0.417. The van der Waals surface area contributed by atoms with E-state index >= 15 is 0 Å². The first-order valence-electron chi connectivity index (χ1n) is 11.1. The Morgan fingerprint density at radius 3 is 2.94 bits per heavy atom. The SMILES string of the molecule is CC1CCc2c(sc3nc(SC(C)C(=O)N4CCOCC4)n(Cc4ccco4)c(=O)c23)C1. The summed E-state index contributed by atoms with van der Waals surface area (Å²) < 4.78 is 12.6. The summed E-state index contributed by atoms with van der Waals surface area (Å²) in [4.78, 5) is 35.5. The van der Waals surface area contributed by atoms with Crippen LogP contribution < -0.4 is 5.56 Å². The van der Waals surface area contributed by atoms with Crippen LogP contribution >= 0.6 is 23.1 Å². The van der Waals surface area contributed by atoms with E-state index in [1.807, 2.05) is 24.0 Å². The van der Waals surface area contributed by atoms with Crippen LogP contribution in [0.1, 0.15) is 36.5 Å². The number of carbonyl (C=O) groups is 1. The molecule has 1 fully saturated rings. The van der Waals surface area contributed by atoms with Gasteiger partial charge in [0.15, 0.2) is 5.16 Å². The van der Waals surface area contributed by atoms with Gasteiger partial charge in [-0.15, -0.1) is 11.3 Å². The number of furan rings is 1. The summed E-state index contributed by atoms with van der Waals surface area (Å²) in [6, 6.07) is 3.68. The van der Waals surface area contributed by atoms with E-state index in [0.29, 0.717) is 49.7 Å². The highest BCUT2D eigenvalue weighted by Crippen LogP contribution is 2.37. The lowest BCUT2D eigenvalue weighted by molar-refractivity contribution is -0.134. The van der Waals surface area contributed by atoms with Gasteiger partial charge in [-0.25, -0.2) is 4.98 Å². The van der Waals surface area contributed by atoms with E-state index in [4.69, 9.17) is 14.1 Å². The molecule has 0 aromatic carbocycles. The third kappa shape index (κ3) is 4.13. The van der Waals surface area contributed by atoms with Crippen LogP contribution in [0.5, 0.6) is 0 Å². The number of aromatic nitrogens is 2. The maximum Gasteiger partial charge on any atom is 0.263 e. The van der Waals surface area contributed by atoms with Crippen LogP contribution in [0, 0.1) is 5.92 Å². The molecule has 1 saturated heterocycles. The van der Waals surface area contributed by atoms with E-state index in [9.17, 15) is 9.59 Å². The Morgan fingerprint density at radius 1 is 1.38 bits per heavy atom. The third-order valence-corrected chi connectivity index (χ3v) is 8.45. The van der Waals surface area contributed by atoms with Crippen molar-refractivity contribution < 1.29 is 13.9 Å². The van der Waals surface area contributed by atoms with Gasteiger partial charge in [-0.05, 0) is 49.8 Å². The van der Waals surface area contributed by atoms with Gasteiger partial charge in [0.1, 0.15) is 10.6 Å². The molecule has 0 saturated carbocycles. The molecule has 3 aromatic heterocycles. The van der Waals surface area contributed by atoms with E-state index < -0.39 is 0 Å². The molecular formula is C23H27N3O4S2. The summed E-state index contributed by atoms with van der Waals surface area (Å²) in [5, 5.41) is 0.967. The largest absolute Gasteiger partial charge is 0.467 e. The molecule has 1 amide bonds. The average molecular weight is 474 g/mol. The molecule has 1 aliphatic heterocycles. The molecule has 0 spiro atoms. The Morgan fingerprint density at radius 2 is 2.19 bits per heavy atom. The first-order valence-corrected chi connectivity index (χ1v) is 12.8. The normalized spacial score (nSPS) is 19.8. The number of amides is 1. The van der Waals surface area contributed by atoms with Gasteiger partial charge in [-0.1, -0.05) is 18.7 Å². The predicted octanol–water partition coefficient (Wildman–Crippen LogP) is 3.56. The number of carbonyl (C=O) groups excluding carboxylic acids is 1. The monoisotopic (exact) mass is 473 g/mol. The highest BCUT2D eigenvalue weighted by molar-refractivity contribution is 8.00. The molecule has 0 bridgehead atoms. The Kier molecular flexibility index (Phi) is 6.14. The average Bonchev–Trinajstić information content (AvgIpc) is 3.43. The second-order valence-electron chi connectivity index (χ2n) is 8.59. The van der Waals surface area contributed by atoms with E-state index in [1.165, 1.54) is 22.2 Å². The summed E-state index contributed by atoms with van der Waals surface area (Å²) in [6.07, 6.45) is 4.63. The zero-order valence-corrected chi connectivity index (χ0v) is 20.0. The van der Waals surface area contributed by atoms with E-state index in [0.717, 1.165) is 29.5 Å². The van der Waals surface area contributed by atoms with Crippen LogP contribution in [0.25, 0.3) is 10.2 Å². The molecule has 2 unspecified atom stereocenters. The maximum atomic E-state index is 13.7. The molecule has 9 heteroatoms. The van der Waals surface area contributed by atoms with Crippen LogP contribution in [0.15, 0.2) is 32.8 Å². The fourth-order valence-electron chi connectivity index (χ4n) is 4.44. The smallest absolute Gasteiger partial charge is 0.263 e. The standard InChI is InChI=1S/C23H27N3O4S2/c1-14-5-6-17-18(12-14)32-20-19(17)22(28)26(13-16-4-3-9-30-16)23(24-20)31-15(2)21(27)25-7-10-29-11-8-25/h3-4,9,14-15H,5-8,10-13H2,1-2H3. The number of aryl methyl sites for hydroxylation is 1. The molecule has 170 valence electrons. The Bertz CT molecular complexity index is 1180. The van der Waals surface area contributed by atoms with Crippen molar-refractivity contribution in [1.82, 2.24) is 14.5 Å². The van der Waals surface area contributed by atoms with Crippen molar-refractivity contribution in [3.63, 3.8) is 0 Å². The van der Waals surface area contributed by atoms with Gasteiger partial charge in [0, 0.05) is 18.0 Å². The van der Waals surface area contributed by atoms with Gasteiger partial charge in [-0.2, -0.15) is 0 Å². The fourth-order valence-corrected chi connectivity index (χ4v) is 6.86. The first-order chi connectivity index (χ1) is 15.5. The minimum absolute atomic E-state index is 0.0352. The van der Waals surface area contributed by atoms with Crippen molar-refractivity contribution in [2.45, 2.75) is 50.1 Å². The number of rotatable bonds is 5. The Labute approximate surface area is 194 Å². The molecule has 2 atom stereocenters. The summed E-state index contributed by atoms with van der Waals surface area (Å²) in [5.74, 6) is 1.37. The van der Waals surface area contributed by atoms with Crippen molar-refractivity contribution in [1.29, 1.82) is 0 Å². The lowest BCUT2D eigenvalue weighted by Gasteiger charge is -2.29. The number of fused-ring (bicyclic) bond motifs is 3. The van der Waals surface area contributed by atoms with Crippen molar-refractivity contribution >= 4 is 39.2 Å². The zero-order valence-electron chi connectivity index (χ0n) is 18.3. The molecular weight excluding hydrogens is 446 g/mol. The van der Waals surface area contributed by atoms with Crippen LogP contribution in [0.4, 0.5) is 0 Å². The molecule has 0 N–H and O–H groups in total. The van der Waals surface area contributed by atoms with Gasteiger partial charge < -0.3 is 14.1 Å². The molecule has 3 aromatic rings. The van der Waals surface area contributed by atoms with Crippen molar-refractivity contribution in [3.05, 3.63) is 45.0 Å². The minimum Gasteiger partial charge on any atom is -0.467 e. The Balaban J connectivity index is 1.54. The number of morpholine rings is 1. The number of hydrogen-bond acceptors (Lipinski definition) is 7. The molecule has 2 aliphatic rings. The second-order valence-corrected chi connectivity index (χ2v) is 11.0. The number of thioether (sulfide) groups is 1. The lowest BCUT2D eigenvalue weighted by Crippen LogP contribution is -2.44. The van der Waals surface area contributed by atoms with Crippen molar-refractivity contribution in [3.8, 4) is 0 Å². The fraction of sp³-hybridized carbons (Fsp3) is 0.522. The first kappa shape index (κ1) is 21.7. The van der Waals surface area contributed by atoms with Gasteiger partial charge >= 0.3 is 0 Å². The lowest BCUT2D eigenvalue weighted by atomic mass is 9.89. The third-order valence-electron chi connectivity index (χ3n) is 6.23. The molecule has 32 heavy (non-hydrogen) atoms. The number of thiophene rings is 1. The summed E-state index contributed by atoms with van der Waals surface area (Å²) >= 11 is 2.99. The minimum atomic E-state index is -0.352. The number of nitrogens with zero attached hydrogens (tertiary/aromatic N) is 3. The molecule has 1 aliphatic carbocycles. The highest BCUT2D eigenvalue weighted by Gasteiger charge is 2.28. The molecule has 5 rings (SSSR count). The molecule has 0 radical (unpaired) electrons. The van der Waals surface area contributed by atoms with E-state index in [1.54, 1.807) is 22.2 Å². The number of hydrogen-bond donors (Lipinski definition) is 0. The summed E-state index contributed by atoms with van der Waals surface area (Å²) in [6.45, 7) is 6.78. The van der Waals surface area contributed by atoms with E-state index in [-0.39, 0.29) is 16.7 Å². The van der Waals surface area contributed by atoms with E-state index in [2.05, 4.69) is 6.92 Å². The van der Waals surface area contributed by atoms with Crippen molar-refractivity contribution in [2.24, 2.45) is 5.92 Å². The predicted molar refractivity (Wildman–Crippen MR) is 126 cm³/mol. The summed E-state index contributed by atoms with van der Waals surface area (Å²) in [7, 11) is 0. The van der Waals surface area contributed by atoms with Gasteiger partial charge in [0.05, 0.1) is 36.7 Å². The topological polar surface area (TPSA) is 77.6 Å². The van der Waals surface area contributed by atoms with Crippen LogP contribution in [0.3, 0.4) is 0 Å². The van der Waals surface area contributed by atoms with Crippen LogP contribution in [-0.2, 0) is 28.9 Å². The molecule has 7 nitrogen and oxygen atoms in total. The van der Waals surface area contributed by atoms with Gasteiger partial charge in [-0.3, -0.25) is 14.2 Å². The molecule has 4 heterocycles. The number of ether oxygens (including phenoxy) is 1. The Hall–Kier alpha value is -2.10. The van der Waals surface area contributed by atoms with Crippen LogP contribution in [-0.4, -0.2) is 51.9 Å². The van der Waals surface area contributed by atoms with Gasteiger partial charge in [0.25, 0.3) is 5.56 Å². The second kappa shape index (κ2) is 9.03. The zero-order chi connectivity index (χ0) is 22.2. The maximum absolute atomic E-state index is 13.7. The van der Waals surface area contributed by atoms with Crippen LogP contribution in [0.2, 0.25) is 0 Å². The van der Waals surface area contributed by atoms with Crippen molar-refractivity contribution in [2.75, 3.05) is 26.3 Å². The van der Waals surface area contributed by atoms with Gasteiger partial charge in [0.2, 0.25) is 5.91 Å². The summed E-state index contributed by atoms with van der Waals surface area (Å²) in [5.41, 5.74) is 1.13. The highest BCUT2D eigenvalue weighted by atomic mass is 32.2.